The van der Waals surface area contributed by atoms with Crippen molar-refractivity contribution >= 4 is 11.9 Å². The molecule has 0 unspecified atom stereocenters. The lowest BCUT2D eigenvalue weighted by Crippen LogP contribution is -2.50. The molecule has 0 aromatic heterocycles. The van der Waals surface area contributed by atoms with E-state index in [9.17, 15) is 9.59 Å². The van der Waals surface area contributed by atoms with Gasteiger partial charge in [-0.2, -0.15) is 0 Å². The van der Waals surface area contributed by atoms with Gasteiger partial charge in [0, 0.05) is 26.2 Å². The van der Waals surface area contributed by atoms with Crippen molar-refractivity contribution in [1.82, 2.24) is 15.1 Å². The Morgan fingerprint density at radius 3 is 2.22 bits per heavy atom. The first kappa shape index (κ1) is 14.9. The molecule has 7 heteroatoms. The molecule has 1 fully saturated rings. The van der Waals surface area contributed by atoms with E-state index in [1.807, 2.05) is 4.90 Å². The monoisotopic (exact) mass is 257 g/mol. The van der Waals surface area contributed by atoms with Crippen LogP contribution in [0.4, 0.5) is 4.79 Å². The van der Waals surface area contributed by atoms with Crippen molar-refractivity contribution in [1.29, 1.82) is 0 Å². The van der Waals surface area contributed by atoms with Gasteiger partial charge in [-0.25, -0.2) is 4.79 Å². The summed E-state index contributed by atoms with van der Waals surface area (Å²) in [5, 5.41) is 2.07. The normalized spacial score (nSPS) is 17.6. The summed E-state index contributed by atoms with van der Waals surface area (Å²) in [6, 6.07) is -0.791. The largest absolute Gasteiger partial charge is 0.351 e. The second-order valence-corrected chi connectivity index (χ2v) is 4.53. The Hall–Kier alpha value is -1.18. The average molecular weight is 257 g/mol. The first-order valence-corrected chi connectivity index (χ1v) is 6.36. The molecule has 0 aliphatic carbocycles. The van der Waals surface area contributed by atoms with Crippen LogP contribution < -0.4 is 16.8 Å². The lowest BCUT2D eigenvalue weighted by molar-refractivity contribution is -0.121. The van der Waals surface area contributed by atoms with Gasteiger partial charge in [0.25, 0.3) is 0 Å². The van der Waals surface area contributed by atoms with Crippen molar-refractivity contribution in [2.45, 2.75) is 12.8 Å². The highest BCUT2D eigenvalue weighted by Crippen LogP contribution is 2.02. The van der Waals surface area contributed by atoms with Crippen molar-refractivity contribution in [2.75, 3.05) is 45.8 Å². The van der Waals surface area contributed by atoms with Gasteiger partial charge in [0.05, 0.1) is 6.54 Å². The van der Waals surface area contributed by atoms with E-state index in [0.29, 0.717) is 0 Å². The third-order valence-electron chi connectivity index (χ3n) is 3.02. The summed E-state index contributed by atoms with van der Waals surface area (Å²) in [6.07, 6.45) is 2.18. The van der Waals surface area contributed by atoms with Crippen LogP contribution in [-0.2, 0) is 4.79 Å². The van der Waals surface area contributed by atoms with E-state index in [2.05, 4.69) is 10.2 Å². The summed E-state index contributed by atoms with van der Waals surface area (Å²) < 4.78 is 0. The van der Waals surface area contributed by atoms with Crippen LogP contribution in [0.3, 0.4) is 0 Å². The Balaban J connectivity index is 2.15. The van der Waals surface area contributed by atoms with Gasteiger partial charge in [-0.1, -0.05) is 0 Å². The fourth-order valence-electron chi connectivity index (χ4n) is 2.03. The minimum atomic E-state index is -0.791. The number of carbonyl (C=O) groups is 2. The second-order valence-electron chi connectivity index (χ2n) is 4.53. The first-order chi connectivity index (χ1) is 8.61. The topological polar surface area (TPSA) is 105 Å². The molecule has 1 aliphatic rings. The molecule has 1 aliphatic heterocycles. The molecular weight excluding hydrogens is 234 g/mol. The van der Waals surface area contributed by atoms with Gasteiger partial charge >= 0.3 is 6.03 Å². The van der Waals surface area contributed by atoms with Crippen molar-refractivity contribution in [3.8, 4) is 0 Å². The number of piperazine rings is 1. The molecule has 104 valence electrons. The standard InChI is InChI=1S/C11H23N5O2/c12-3-1-2-4-15-5-7-16(8-6-15)9-10(17)14-11(13)18/h1-9,12H2,(H3,13,14,17,18). The Kier molecular flexibility index (Phi) is 6.63. The molecule has 0 saturated carbocycles. The number of nitrogens with zero attached hydrogens (tertiary/aromatic N) is 2. The first-order valence-electron chi connectivity index (χ1n) is 6.36. The number of hydrogen-bond donors (Lipinski definition) is 3. The molecule has 5 N–H and O–H groups in total. The van der Waals surface area contributed by atoms with Crippen LogP contribution >= 0.6 is 0 Å². The summed E-state index contributed by atoms with van der Waals surface area (Å²) in [5.41, 5.74) is 10.3. The van der Waals surface area contributed by atoms with Crippen LogP contribution in [0.2, 0.25) is 0 Å². The van der Waals surface area contributed by atoms with E-state index < -0.39 is 6.03 Å². The van der Waals surface area contributed by atoms with E-state index in [1.54, 1.807) is 0 Å². The zero-order valence-corrected chi connectivity index (χ0v) is 10.7. The summed E-state index contributed by atoms with van der Waals surface area (Å²) in [5.74, 6) is -0.334. The van der Waals surface area contributed by atoms with Gasteiger partial charge in [-0.05, 0) is 25.9 Å². The van der Waals surface area contributed by atoms with E-state index >= 15 is 0 Å². The lowest BCUT2D eigenvalue weighted by Gasteiger charge is -2.34. The minimum absolute atomic E-state index is 0.236. The van der Waals surface area contributed by atoms with Gasteiger partial charge in [0.15, 0.2) is 0 Å². The number of imide groups is 1. The lowest BCUT2D eigenvalue weighted by atomic mass is 10.2. The molecule has 1 heterocycles. The van der Waals surface area contributed by atoms with Crippen LogP contribution in [0.1, 0.15) is 12.8 Å². The number of urea groups is 1. The Morgan fingerprint density at radius 1 is 1.06 bits per heavy atom. The third kappa shape index (κ3) is 5.95. The van der Waals surface area contributed by atoms with Crippen LogP contribution in [0.25, 0.3) is 0 Å². The maximum absolute atomic E-state index is 11.3. The number of primary amides is 1. The quantitative estimate of drug-likeness (QED) is 0.504. The highest BCUT2D eigenvalue weighted by atomic mass is 16.2. The molecule has 0 aromatic rings. The van der Waals surface area contributed by atoms with Crippen LogP contribution in [0.5, 0.6) is 0 Å². The molecule has 0 bridgehead atoms. The molecule has 3 amide bonds. The average Bonchev–Trinajstić information content (AvgIpc) is 2.30. The van der Waals surface area contributed by atoms with E-state index in [4.69, 9.17) is 11.5 Å². The van der Waals surface area contributed by atoms with Crippen molar-refractivity contribution in [3.05, 3.63) is 0 Å². The van der Waals surface area contributed by atoms with Crippen molar-refractivity contribution in [2.24, 2.45) is 11.5 Å². The van der Waals surface area contributed by atoms with Crippen molar-refractivity contribution in [3.63, 3.8) is 0 Å². The van der Waals surface area contributed by atoms with Crippen LogP contribution in [0.15, 0.2) is 0 Å². The van der Waals surface area contributed by atoms with E-state index in [-0.39, 0.29) is 12.5 Å². The SMILES string of the molecule is NCCCCN1CCN(CC(=O)NC(N)=O)CC1. The van der Waals surface area contributed by atoms with Gasteiger partial charge in [0.2, 0.25) is 5.91 Å². The number of rotatable bonds is 6. The number of nitrogens with two attached hydrogens (primary N) is 2. The number of hydrogen-bond acceptors (Lipinski definition) is 5. The Labute approximate surface area is 107 Å². The maximum atomic E-state index is 11.3. The summed E-state index contributed by atoms with van der Waals surface area (Å²) in [7, 11) is 0. The molecule has 0 aromatic carbocycles. The van der Waals surface area contributed by atoms with Gasteiger partial charge in [-0.3, -0.25) is 15.0 Å². The maximum Gasteiger partial charge on any atom is 0.318 e. The number of unbranched alkanes of at least 4 members (excludes halogenated alkanes) is 1. The zero-order chi connectivity index (χ0) is 13.4. The molecule has 0 radical (unpaired) electrons. The van der Waals surface area contributed by atoms with E-state index in [0.717, 1.165) is 52.1 Å². The molecule has 7 nitrogen and oxygen atoms in total. The predicted octanol–water partition coefficient (Wildman–Crippen LogP) is -1.46. The Bertz CT molecular complexity index is 277. The minimum Gasteiger partial charge on any atom is -0.351 e. The molecule has 1 saturated heterocycles. The zero-order valence-electron chi connectivity index (χ0n) is 10.7. The molecule has 0 spiro atoms. The number of nitrogens with one attached hydrogen (secondary N) is 1. The van der Waals surface area contributed by atoms with E-state index in [1.165, 1.54) is 0 Å². The number of carbonyl (C=O) groups excluding carboxylic acids is 2. The van der Waals surface area contributed by atoms with Crippen LogP contribution in [-0.4, -0.2) is 67.6 Å². The van der Waals surface area contributed by atoms with Gasteiger partial charge in [-0.15, -0.1) is 0 Å². The van der Waals surface area contributed by atoms with Crippen LogP contribution in [0, 0.1) is 0 Å². The summed E-state index contributed by atoms with van der Waals surface area (Å²) >= 11 is 0. The summed E-state index contributed by atoms with van der Waals surface area (Å²) in [4.78, 5) is 26.2. The summed E-state index contributed by atoms with van der Waals surface area (Å²) in [6.45, 7) is 5.64. The fourth-order valence-corrected chi connectivity index (χ4v) is 2.03. The smallest absolute Gasteiger partial charge is 0.318 e. The van der Waals surface area contributed by atoms with Gasteiger partial charge in [0.1, 0.15) is 0 Å². The Morgan fingerprint density at radius 2 is 1.67 bits per heavy atom. The molecule has 1 rings (SSSR count). The predicted molar refractivity (Wildman–Crippen MR) is 68.9 cm³/mol. The highest BCUT2D eigenvalue weighted by Gasteiger charge is 2.18. The third-order valence-corrected chi connectivity index (χ3v) is 3.02. The van der Waals surface area contributed by atoms with Crippen molar-refractivity contribution < 1.29 is 9.59 Å². The molecule has 0 atom stereocenters. The fraction of sp³-hybridized carbons (Fsp3) is 0.818. The highest BCUT2D eigenvalue weighted by molar-refractivity contribution is 5.94. The molecule has 18 heavy (non-hydrogen) atoms. The molecular formula is C11H23N5O2. The second kappa shape index (κ2) is 8.02. The number of amides is 3. The van der Waals surface area contributed by atoms with Gasteiger partial charge < -0.3 is 16.4 Å².